The summed E-state index contributed by atoms with van der Waals surface area (Å²) in [4.78, 5) is 22.4. The molecule has 7 nitrogen and oxygen atoms in total. The minimum Gasteiger partial charge on any atom is -0.497 e. The van der Waals surface area contributed by atoms with Crippen LogP contribution in [0.15, 0.2) is 47.3 Å². The Hall–Kier alpha value is -3.13. The van der Waals surface area contributed by atoms with Gasteiger partial charge in [0.05, 0.1) is 18.0 Å². The molecule has 172 valence electrons. The van der Waals surface area contributed by atoms with Crippen LogP contribution in [0.4, 0.5) is 11.4 Å². The van der Waals surface area contributed by atoms with E-state index >= 15 is 0 Å². The lowest BCUT2D eigenvalue weighted by atomic mass is 10.2. The number of benzene rings is 2. The summed E-state index contributed by atoms with van der Waals surface area (Å²) in [6.07, 6.45) is 4.14. The van der Waals surface area contributed by atoms with Crippen LogP contribution in [-0.4, -0.2) is 52.9 Å². The van der Waals surface area contributed by atoms with Crippen molar-refractivity contribution in [3.63, 3.8) is 0 Å². The molecule has 0 radical (unpaired) electrons. The number of piperazine rings is 1. The van der Waals surface area contributed by atoms with E-state index in [0.29, 0.717) is 10.5 Å². The lowest BCUT2D eigenvalue weighted by Gasteiger charge is -2.37. The van der Waals surface area contributed by atoms with Crippen molar-refractivity contribution in [2.24, 2.45) is 0 Å². The SMILES string of the molecule is COc1ccc(N2CCN(C(=S)Nc3ccc4nc5n(c(=O)c4c3)CCCCC5)CC2)cc1. The highest BCUT2D eigenvalue weighted by Crippen LogP contribution is 2.22. The molecule has 0 spiro atoms. The van der Waals surface area contributed by atoms with Gasteiger partial charge in [0.15, 0.2) is 5.11 Å². The van der Waals surface area contributed by atoms with Crippen molar-refractivity contribution < 1.29 is 4.74 Å². The number of fused-ring (bicyclic) bond motifs is 2. The van der Waals surface area contributed by atoms with E-state index in [1.807, 2.05) is 34.9 Å². The lowest BCUT2D eigenvalue weighted by Crippen LogP contribution is -2.50. The molecule has 33 heavy (non-hydrogen) atoms. The van der Waals surface area contributed by atoms with Crippen LogP contribution >= 0.6 is 12.2 Å². The summed E-state index contributed by atoms with van der Waals surface area (Å²) in [6.45, 7) is 4.21. The molecule has 0 atom stereocenters. The van der Waals surface area contributed by atoms with E-state index < -0.39 is 0 Å². The second-order valence-electron chi connectivity index (χ2n) is 8.63. The van der Waals surface area contributed by atoms with Crippen molar-refractivity contribution in [3.05, 3.63) is 58.6 Å². The predicted octanol–water partition coefficient (Wildman–Crippen LogP) is 3.65. The van der Waals surface area contributed by atoms with Crippen LogP contribution in [-0.2, 0) is 13.0 Å². The van der Waals surface area contributed by atoms with Crippen molar-refractivity contribution in [3.8, 4) is 5.75 Å². The fraction of sp³-hybridized carbons (Fsp3) is 0.400. The maximum absolute atomic E-state index is 13.1. The molecule has 2 aromatic carbocycles. The molecule has 3 aromatic rings. The van der Waals surface area contributed by atoms with E-state index in [1.54, 1.807) is 7.11 Å². The van der Waals surface area contributed by atoms with Crippen molar-refractivity contribution in [2.45, 2.75) is 32.2 Å². The standard InChI is InChI=1S/C25H29N5O2S/c1-32-20-9-7-19(8-10-20)28-13-15-29(16-14-28)25(33)26-18-6-11-22-21(17-18)24(31)30-12-4-2-3-5-23(30)27-22/h6-11,17H,2-5,12-16H2,1H3,(H,26,33). The number of hydrogen-bond acceptors (Lipinski definition) is 5. The zero-order valence-electron chi connectivity index (χ0n) is 18.9. The first-order chi connectivity index (χ1) is 16.1. The fourth-order valence-electron chi connectivity index (χ4n) is 4.66. The number of aryl methyl sites for hydroxylation is 1. The normalized spacial score (nSPS) is 16.3. The van der Waals surface area contributed by atoms with Gasteiger partial charge in [0, 0.05) is 50.5 Å². The number of rotatable bonds is 3. The Morgan fingerprint density at radius 1 is 1.00 bits per heavy atom. The molecule has 0 saturated carbocycles. The quantitative estimate of drug-likeness (QED) is 0.595. The third-order valence-corrected chi connectivity index (χ3v) is 6.93. The van der Waals surface area contributed by atoms with E-state index in [0.717, 1.165) is 81.2 Å². The molecule has 2 aliphatic heterocycles. The van der Waals surface area contributed by atoms with E-state index in [9.17, 15) is 4.79 Å². The van der Waals surface area contributed by atoms with Crippen LogP contribution in [0.25, 0.3) is 10.9 Å². The van der Waals surface area contributed by atoms with Gasteiger partial charge in [-0.3, -0.25) is 9.36 Å². The second kappa shape index (κ2) is 9.39. The summed E-state index contributed by atoms with van der Waals surface area (Å²) in [7, 11) is 1.68. The third-order valence-electron chi connectivity index (χ3n) is 6.57. The van der Waals surface area contributed by atoms with Crippen LogP contribution in [0, 0.1) is 0 Å². The highest BCUT2D eigenvalue weighted by atomic mass is 32.1. The van der Waals surface area contributed by atoms with Gasteiger partial charge < -0.3 is 19.9 Å². The van der Waals surface area contributed by atoms with E-state index in [-0.39, 0.29) is 5.56 Å². The van der Waals surface area contributed by atoms with Gasteiger partial charge >= 0.3 is 0 Å². The Kier molecular flexibility index (Phi) is 6.17. The number of aromatic nitrogens is 2. The molecular formula is C25H29N5O2S. The van der Waals surface area contributed by atoms with E-state index in [4.69, 9.17) is 21.9 Å². The van der Waals surface area contributed by atoms with Gasteiger partial charge in [-0.2, -0.15) is 0 Å². The third kappa shape index (κ3) is 4.53. The first kappa shape index (κ1) is 21.7. The predicted molar refractivity (Wildman–Crippen MR) is 137 cm³/mol. The van der Waals surface area contributed by atoms with Gasteiger partial charge in [-0.1, -0.05) is 6.42 Å². The molecule has 8 heteroatoms. The largest absolute Gasteiger partial charge is 0.497 e. The summed E-state index contributed by atoms with van der Waals surface area (Å²) in [5, 5.41) is 4.68. The number of hydrogen-bond donors (Lipinski definition) is 1. The van der Waals surface area contributed by atoms with Crippen molar-refractivity contribution in [1.82, 2.24) is 14.5 Å². The molecule has 1 fully saturated rings. The maximum Gasteiger partial charge on any atom is 0.261 e. The van der Waals surface area contributed by atoms with Crippen molar-refractivity contribution >= 4 is 39.6 Å². The summed E-state index contributed by atoms with van der Waals surface area (Å²) >= 11 is 5.70. The number of nitrogens with zero attached hydrogens (tertiary/aromatic N) is 4. The Labute approximate surface area is 199 Å². The molecule has 1 N–H and O–H groups in total. The summed E-state index contributed by atoms with van der Waals surface area (Å²) in [6, 6.07) is 13.9. The van der Waals surface area contributed by atoms with Crippen molar-refractivity contribution in [1.29, 1.82) is 0 Å². The zero-order valence-corrected chi connectivity index (χ0v) is 19.7. The highest BCUT2D eigenvalue weighted by molar-refractivity contribution is 7.80. The maximum atomic E-state index is 13.1. The second-order valence-corrected chi connectivity index (χ2v) is 9.02. The molecule has 1 aromatic heterocycles. The van der Waals surface area contributed by atoms with E-state index in [1.165, 1.54) is 5.69 Å². The van der Waals surface area contributed by atoms with Crippen LogP contribution in [0.3, 0.4) is 0 Å². The zero-order chi connectivity index (χ0) is 22.8. The molecule has 0 bridgehead atoms. The number of methoxy groups -OCH3 is 1. The molecular weight excluding hydrogens is 434 g/mol. The van der Waals surface area contributed by atoms with Gasteiger partial charge in [0.25, 0.3) is 5.56 Å². The minimum atomic E-state index is 0.0552. The first-order valence-electron chi connectivity index (χ1n) is 11.6. The Morgan fingerprint density at radius 2 is 1.79 bits per heavy atom. The van der Waals surface area contributed by atoms with Crippen LogP contribution in [0.1, 0.15) is 25.1 Å². The first-order valence-corrected chi connectivity index (χ1v) is 12.0. The number of nitrogens with one attached hydrogen (secondary N) is 1. The summed E-state index contributed by atoms with van der Waals surface area (Å²) in [5.41, 5.74) is 2.84. The fourth-order valence-corrected chi connectivity index (χ4v) is 4.96. The highest BCUT2D eigenvalue weighted by Gasteiger charge is 2.20. The Bertz CT molecular complexity index is 1220. The number of ether oxygens (including phenoxy) is 1. The van der Waals surface area contributed by atoms with Gasteiger partial charge in [-0.25, -0.2) is 4.98 Å². The topological polar surface area (TPSA) is 62.6 Å². The smallest absolute Gasteiger partial charge is 0.261 e. The van der Waals surface area contributed by atoms with Gasteiger partial charge in [-0.15, -0.1) is 0 Å². The van der Waals surface area contributed by atoms with Gasteiger partial charge in [-0.05, 0) is 67.5 Å². The number of anilines is 2. The van der Waals surface area contributed by atoms with Crippen LogP contribution in [0.2, 0.25) is 0 Å². The molecule has 0 aliphatic carbocycles. The molecule has 2 aliphatic rings. The molecule has 0 amide bonds. The van der Waals surface area contributed by atoms with Gasteiger partial charge in [0.2, 0.25) is 0 Å². The van der Waals surface area contributed by atoms with Crippen LogP contribution in [0.5, 0.6) is 5.75 Å². The average molecular weight is 464 g/mol. The van der Waals surface area contributed by atoms with Crippen LogP contribution < -0.4 is 20.5 Å². The monoisotopic (exact) mass is 463 g/mol. The Balaban J connectivity index is 1.26. The van der Waals surface area contributed by atoms with Gasteiger partial charge in [0.1, 0.15) is 11.6 Å². The molecule has 3 heterocycles. The molecule has 1 saturated heterocycles. The Morgan fingerprint density at radius 3 is 2.55 bits per heavy atom. The molecule has 0 unspecified atom stereocenters. The molecule has 5 rings (SSSR count). The summed E-state index contributed by atoms with van der Waals surface area (Å²) in [5.74, 6) is 1.78. The van der Waals surface area contributed by atoms with E-state index in [2.05, 4.69) is 27.2 Å². The number of thiocarbonyl (C=S) groups is 1. The lowest BCUT2D eigenvalue weighted by molar-refractivity contribution is 0.390. The van der Waals surface area contributed by atoms with Crippen molar-refractivity contribution in [2.75, 3.05) is 43.5 Å². The minimum absolute atomic E-state index is 0.0552. The summed E-state index contributed by atoms with van der Waals surface area (Å²) < 4.78 is 7.11. The average Bonchev–Trinajstić information content (AvgIpc) is 3.10.